The summed E-state index contributed by atoms with van der Waals surface area (Å²) in [5, 5.41) is 6.14. The predicted molar refractivity (Wildman–Crippen MR) is 121 cm³/mol. The Labute approximate surface area is 182 Å². The fourth-order valence-electron chi connectivity index (χ4n) is 2.31. The molecule has 0 aromatic heterocycles. The van der Waals surface area contributed by atoms with Gasteiger partial charge in [-0.3, -0.25) is 4.79 Å². The molecule has 30 heavy (non-hydrogen) atoms. The summed E-state index contributed by atoms with van der Waals surface area (Å²) in [4.78, 5) is 12.1. The average Bonchev–Trinajstić information content (AvgIpc) is 2.75. The fourth-order valence-corrected chi connectivity index (χ4v) is 2.31. The number of nitrogens with one attached hydrogen (secondary N) is 2. The molecule has 1 aromatic carbocycles. The highest BCUT2D eigenvalue weighted by Gasteiger charge is 2.04. The van der Waals surface area contributed by atoms with Gasteiger partial charge in [0.1, 0.15) is 0 Å². The molecule has 0 radical (unpaired) electrons. The van der Waals surface area contributed by atoms with Crippen molar-refractivity contribution in [2.24, 2.45) is 5.92 Å². The Hall–Kier alpha value is -1.91. The van der Waals surface area contributed by atoms with E-state index in [1.807, 2.05) is 12.1 Å². The molecule has 0 saturated carbocycles. The smallest absolute Gasteiger partial charge is 0.251 e. The third-order valence-electron chi connectivity index (χ3n) is 4.30. The molecule has 1 aromatic rings. The van der Waals surface area contributed by atoms with Crippen LogP contribution in [0.1, 0.15) is 50.0 Å². The van der Waals surface area contributed by atoms with E-state index in [0.717, 1.165) is 18.5 Å². The van der Waals surface area contributed by atoms with Crippen LogP contribution in [0, 0.1) is 17.8 Å². The first kappa shape index (κ1) is 26.1. The summed E-state index contributed by atoms with van der Waals surface area (Å²) >= 11 is 0. The summed E-state index contributed by atoms with van der Waals surface area (Å²) in [6.45, 7) is 13.0. The second-order valence-corrected chi connectivity index (χ2v) is 7.36. The molecule has 1 unspecified atom stereocenters. The van der Waals surface area contributed by atoms with E-state index in [0.29, 0.717) is 63.7 Å². The van der Waals surface area contributed by atoms with Gasteiger partial charge in [0.05, 0.1) is 39.6 Å². The zero-order valence-corrected chi connectivity index (χ0v) is 19.0. The van der Waals surface area contributed by atoms with Crippen LogP contribution in [0.2, 0.25) is 0 Å². The SMILES string of the molecule is CCC(C)C#Cc1ccc(C(=O)NCCOCCOCCOCCNC(C)C)cc1. The van der Waals surface area contributed by atoms with Crippen molar-refractivity contribution in [2.75, 3.05) is 52.7 Å². The predicted octanol–water partition coefficient (Wildman–Crippen LogP) is 2.86. The van der Waals surface area contributed by atoms with Crippen LogP contribution in [0.25, 0.3) is 0 Å². The summed E-state index contributed by atoms with van der Waals surface area (Å²) in [6.07, 6.45) is 1.03. The molecule has 0 saturated heterocycles. The number of hydrogen-bond acceptors (Lipinski definition) is 5. The Morgan fingerprint density at radius 1 is 0.900 bits per heavy atom. The standard InChI is InChI=1S/C24H38N2O4/c1-5-21(4)6-7-22-8-10-23(11-9-22)24(27)26-13-15-29-17-19-30-18-16-28-14-12-25-20(2)3/h8-11,20-21,25H,5,12-19H2,1-4H3,(H,26,27). The van der Waals surface area contributed by atoms with Crippen molar-refractivity contribution in [2.45, 2.75) is 40.2 Å². The van der Waals surface area contributed by atoms with Gasteiger partial charge in [-0.25, -0.2) is 0 Å². The second kappa shape index (κ2) is 16.8. The lowest BCUT2D eigenvalue weighted by atomic mass is 10.1. The Morgan fingerprint density at radius 3 is 2.03 bits per heavy atom. The van der Waals surface area contributed by atoms with Crippen molar-refractivity contribution in [3.05, 3.63) is 35.4 Å². The molecular formula is C24H38N2O4. The summed E-state index contributed by atoms with van der Waals surface area (Å²) in [6, 6.07) is 7.83. The van der Waals surface area contributed by atoms with Crippen LogP contribution in [-0.2, 0) is 14.2 Å². The molecule has 2 N–H and O–H groups in total. The zero-order valence-electron chi connectivity index (χ0n) is 19.0. The second-order valence-electron chi connectivity index (χ2n) is 7.36. The first-order chi connectivity index (χ1) is 14.5. The molecule has 0 bridgehead atoms. The largest absolute Gasteiger partial charge is 0.378 e. The van der Waals surface area contributed by atoms with Crippen molar-refractivity contribution >= 4 is 5.91 Å². The van der Waals surface area contributed by atoms with Crippen LogP contribution in [0.4, 0.5) is 0 Å². The number of ether oxygens (including phenoxy) is 3. The van der Waals surface area contributed by atoms with Crippen LogP contribution in [0.3, 0.4) is 0 Å². The average molecular weight is 419 g/mol. The van der Waals surface area contributed by atoms with Crippen LogP contribution in [-0.4, -0.2) is 64.7 Å². The molecule has 0 aliphatic carbocycles. The van der Waals surface area contributed by atoms with Crippen molar-refractivity contribution in [3.8, 4) is 11.8 Å². The van der Waals surface area contributed by atoms with E-state index in [1.54, 1.807) is 12.1 Å². The van der Waals surface area contributed by atoms with Crippen LogP contribution >= 0.6 is 0 Å². The molecule has 0 heterocycles. The van der Waals surface area contributed by atoms with Crippen molar-refractivity contribution in [1.29, 1.82) is 0 Å². The van der Waals surface area contributed by atoms with Crippen LogP contribution in [0.15, 0.2) is 24.3 Å². The minimum atomic E-state index is -0.111. The van der Waals surface area contributed by atoms with E-state index < -0.39 is 0 Å². The van der Waals surface area contributed by atoms with Crippen LogP contribution in [0.5, 0.6) is 0 Å². The number of carbonyl (C=O) groups excluding carboxylic acids is 1. The highest BCUT2D eigenvalue weighted by Crippen LogP contribution is 2.04. The Balaban J connectivity index is 2.02. The van der Waals surface area contributed by atoms with Gasteiger partial charge in [-0.05, 0) is 30.7 Å². The van der Waals surface area contributed by atoms with Gasteiger partial charge < -0.3 is 24.8 Å². The highest BCUT2D eigenvalue weighted by molar-refractivity contribution is 5.94. The van der Waals surface area contributed by atoms with Crippen molar-refractivity contribution in [3.63, 3.8) is 0 Å². The van der Waals surface area contributed by atoms with Gasteiger partial charge >= 0.3 is 0 Å². The minimum Gasteiger partial charge on any atom is -0.378 e. The fraction of sp³-hybridized carbons (Fsp3) is 0.625. The molecule has 6 heteroatoms. The van der Waals surface area contributed by atoms with Crippen LogP contribution < -0.4 is 10.6 Å². The van der Waals surface area contributed by atoms with E-state index in [1.165, 1.54) is 0 Å². The first-order valence-corrected chi connectivity index (χ1v) is 10.9. The molecular weight excluding hydrogens is 380 g/mol. The van der Waals surface area contributed by atoms with E-state index in [9.17, 15) is 4.79 Å². The molecule has 6 nitrogen and oxygen atoms in total. The topological polar surface area (TPSA) is 68.8 Å². The third kappa shape index (κ3) is 13.3. The number of rotatable bonds is 15. The summed E-state index contributed by atoms with van der Waals surface area (Å²) in [7, 11) is 0. The van der Waals surface area contributed by atoms with Gasteiger partial charge in [0, 0.05) is 36.2 Å². The lowest BCUT2D eigenvalue weighted by molar-refractivity contribution is 0.0155. The molecule has 0 aliphatic rings. The van der Waals surface area contributed by atoms with Gasteiger partial charge in [0.2, 0.25) is 0 Å². The molecule has 0 fully saturated rings. The molecule has 1 atom stereocenters. The van der Waals surface area contributed by atoms with Crippen molar-refractivity contribution in [1.82, 2.24) is 10.6 Å². The summed E-state index contributed by atoms with van der Waals surface area (Å²) in [5.74, 6) is 6.59. The summed E-state index contributed by atoms with van der Waals surface area (Å²) < 4.78 is 16.4. The van der Waals surface area contributed by atoms with E-state index in [4.69, 9.17) is 14.2 Å². The Bertz CT molecular complexity index is 635. The highest BCUT2D eigenvalue weighted by atomic mass is 16.5. The van der Waals surface area contributed by atoms with E-state index in [2.05, 4.69) is 50.2 Å². The maximum Gasteiger partial charge on any atom is 0.251 e. The van der Waals surface area contributed by atoms with E-state index in [-0.39, 0.29) is 5.91 Å². The summed E-state index contributed by atoms with van der Waals surface area (Å²) in [5.41, 5.74) is 1.55. The maximum atomic E-state index is 12.1. The number of carbonyl (C=O) groups is 1. The first-order valence-electron chi connectivity index (χ1n) is 10.9. The maximum absolute atomic E-state index is 12.1. The molecule has 1 amide bonds. The molecule has 1 rings (SSSR count). The number of hydrogen-bond donors (Lipinski definition) is 2. The molecule has 0 spiro atoms. The van der Waals surface area contributed by atoms with Gasteiger partial charge in [-0.15, -0.1) is 0 Å². The molecule has 168 valence electrons. The number of benzene rings is 1. The lowest BCUT2D eigenvalue weighted by Crippen LogP contribution is -2.27. The lowest BCUT2D eigenvalue weighted by Gasteiger charge is -2.09. The molecule has 0 aliphatic heterocycles. The third-order valence-corrected chi connectivity index (χ3v) is 4.30. The minimum absolute atomic E-state index is 0.111. The van der Waals surface area contributed by atoms with Gasteiger partial charge in [-0.2, -0.15) is 0 Å². The number of amides is 1. The Morgan fingerprint density at radius 2 is 1.47 bits per heavy atom. The normalized spacial score (nSPS) is 11.8. The monoisotopic (exact) mass is 418 g/mol. The van der Waals surface area contributed by atoms with Gasteiger partial charge in [0.15, 0.2) is 0 Å². The van der Waals surface area contributed by atoms with Gasteiger partial charge in [0.25, 0.3) is 5.91 Å². The Kier molecular flexibility index (Phi) is 14.7. The van der Waals surface area contributed by atoms with Gasteiger partial charge in [-0.1, -0.05) is 39.5 Å². The zero-order chi connectivity index (χ0) is 22.0. The van der Waals surface area contributed by atoms with Crippen molar-refractivity contribution < 1.29 is 19.0 Å². The quantitative estimate of drug-likeness (QED) is 0.339. The van der Waals surface area contributed by atoms with E-state index >= 15 is 0 Å².